The van der Waals surface area contributed by atoms with Gasteiger partial charge < -0.3 is 0 Å². The topological polar surface area (TPSA) is 27.0 Å². The van der Waals surface area contributed by atoms with Gasteiger partial charge in [0.25, 0.3) is 0 Å². The third kappa shape index (κ3) is 2.72. The molecule has 0 saturated carbocycles. The summed E-state index contributed by atoms with van der Waals surface area (Å²) in [5.41, 5.74) is 3.07. The van der Waals surface area contributed by atoms with Gasteiger partial charge in [0.05, 0.1) is 11.6 Å². The second kappa shape index (κ2) is 5.86. The van der Waals surface area contributed by atoms with Gasteiger partial charge in [-0.1, -0.05) is 6.07 Å². The van der Waals surface area contributed by atoms with Gasteiger partial charge in [0.1, 0.15) is 11.6 Å². The van der Waals surface area contributed by atoms with Gasteiger partial charge >= 0.3 is 0 Å². The molecule has 3 rings (SSSR count). The van der Waals surface area contributed by atoms with E-state index in [0.29, 0.717) is 17.7 Å². The fraction of sp³-hybridized carbons (Fsp3) is 0.278. The van der Waals surface area contributed by atoms with E-state index in [0.717, 1.165) is 24.1 Å². The second-order valence-electron chi connectivity index (χ2n) is 5.66. The SMILES string of the molecule is CC1c2cc(F)ccc2CCN1Cc1cc(C#N)ccc1F. The fourth-order valence-electron chi connectivity index (χ4n) is 3.04. The Balaban J connectivity index is 1.87. The minimum absolute atomic E-state index is 0.0181. The van der Waals surface area contributed by atoms with Gasteiger partial charge in [-0.3, -0.25) is 4.90 Å². The first-order chi connectivity index (χ1) is 10.6. The molecule has 0 saturated heterocycles. The first-order valence-corrected chi connectivity index (χ1v) is 7.29. The highest BCUT2D eigenvalue weighted by Gasteiger charge is 2.25. The smallest absolute Gasteiger partial charge is 0.127 e. The maximum Gasteiger partial charge on any atom is 0.127 e. The average molecular weight is 298 g/mol. The first-order valence-electron chi connectivity index (χ1n) is 7.29. The van der Waals surface area contributed by atoms with Crippen LogP contribution in [0.4, 0.5) is 8.78 Å². The Morgan fingerprint density at radius 2 is 2.05 bits per heavy atom. The van der Waals surface area contributed by atoms with E-state index < -0.39 is 0 Å². The summed E-state index contributed by atoms with van der Waals surface area (Å²) in [4.78, 5) is 2.11. The minimum atomic E-state index is -0.309. The van der Waals surface area contributed by atoms with Gasteiger partial charge in [-0.25, -0.2) is 8.78 Å². The van der Waals surface area contributed by atoms with Gasteiger partial charge in [0.15, 0.2) is 0 Å². The summed E-state index contributed by atoms with van der Waals surface area (Å²) >= 11 is 0. The van der Waals surface area contributed by atoms with Crippen LogP contribution in [-0.2, 0) is 13.0 Å². The highest BCUT2D eigenvalue weighted by atomic mass is 19.1. The van der Waals surface area contributed by atoms with Crippen LogP contribution < -0.4 is 0 Å². The molecule has 2 aromatic rings. The summed E-state index contributed by atoms with van der Waals surface area (Å²) in [6.07, 6.45) is 0.819. The lowest BCUT2D eigenvalue weighted by atomic mass is 9.93. The van der Waals surface area contributed by atoms with Crippen LogP contribution in [-0.4, -0.2) is 11.4 Å². The lowest BCUT2D eigenvalue weighted by Crippen LogP contribution is -2.33. The molecule has 1 aliphatic rings. The average Bonchev–Trinajstić information content (AvgIpc) is 2.52. The van der Waals surface area contributed by atoms with Gasteiger partial charge in [-0.2, -0.15) is 5.26 Å². The maximum absolute atomic E-state index is 14.0. The number of nitriles is 1. The number of rotatable bonds is 2. The van der Waals surface area contributed by atoms with Crippen LogP contribution in [0, 0.1) is 23.0 Å². The molecule has 0 spiro atoms. The molecule has 2 aromatic carbocycles. The summed E-state index contributed by atoms with van der Waals surface area (Å²) in [6.45, 7) is 3.21. The molecular weight excluding hydrogens is 282 g/mol. The predicted octanol–water partition coefficient (Wildman–Crippen LogP) is 3.96. The molecule has 0 aliphatic carbocycles. The summed E-state index contributed by atoms with van der Waals surface area (Å²) < 4.78 is 27.4. The third-order valence-corrected chi connectivity index (χ3v) is 4.32. The van der Waals surface area contributed by atoms with Crippen molar-refractivity contribution in [3.63, 3.8) is 0 Å². The first kappa shape index (κ1) is 14.7. The van der Waals surface area contributed by atoms with Crippen molar-refractivity contribution in [2.45, 2.75) is 25.9 Å². The summed E-state index contributed by atoms with van der Waals surface area (Å²) in [6, 6.07) is 11.3. The quantitative estimate of drug-likeness (QED) is 0.839. The third-order valence-electron chi connectivity index (χ3n) is 4.32. The Hall–Kier alpha value is -2.25. The molecule has 0 N–H and O–H groups in total. The van der Waals surface area contributed by atoms with E-state index in [-0.39, 0.29) is 17.7 Å². The molecule has 2 nitrogen and oxygen atoms in total. The minimum Gasteiger partial charge on any atom is -0.292 e. The van der Waals surface area contributed by atoms with Crippen molar-refractivity contribution in [2.24, 2.45) is 0 Å². The molecule has 0 aromatic heterocycles. The lowest BCUT2D eigenvalue weighted by Gasteiger charge is -2.35. The van der Waals surface area contributed by atoms with Gasteiger partial charge in [-0.15, -0.1) is 0 Å². The van der Waals surface area contributed by atoms with Gasteiger partial charge in [0.2, 0.25) is 0 Å². The Kier molecular flexibility index (Phi) is 3.91. The van der Waals surface area contributed by atoms with Crippen LogP contribution in [0.25, 0.3) is 0 Å². The second-order valence-corrected chi connectivity index (χ2v) is 5.66. The largest absolute Gasteiger partial charge is 0.292 e. The van der Waals surface area contributed by atoms with Gasteiger partial charge in [-0.05, 0) is 54.8 Å². The number of fused-ring (bicyclic) bond motifs is 1. The fourth-order valence-corrected chi connectivity index (χ4v) is 3.04. The molecule has 1 aliphatic heterocycles. The molecule has 1 unspecified atom stereocenters. The number of benzene rings is 2. The zero-order chi connectivity index (χ0) is 15.7. The van der Waals surface area contributed by atoms with E-state index in [1.165, 1.54) is 18.2 Å². The van der Waals surface area contributed by atoms with Crippen molar-refractivity contribution in [1.82, 2.24) is 4.90 Å². The Morgan fingerprint density at radius 1 is 1.23 bits per heavy atom. The van der Waals surface area contributed by atoms with Crippen LogP contribution in [0.15, 0.2) is 36.4 Å². The van der Waals surface area contributed by atoms with Crippen LogP contribution in [0.5, 0.6) is 0 Å². The molecule has 0 fully saturated rings. The Morgan fingerprint density at radius 3 is 2.82 bits per heavy atom. The van der Waals surface area contributed by atoms with Crippen molar-refractivity contribution in [3.05, 3.63) is 70.3 Å². The molecular formula is C18H16F2N2. The number of halogens is 2. The van der Waals surface area contributed by atoms with Crippen molar-refractivity contribution < 1.29 is 8.78 Å². The molecule has 22 heavy (non-hydrogen) atoms. The Labute approximate surface area is 128 Å². The molecule has 0 amide bonds. The van der Waals surface area contributed by atoms with E-state index in [1.54, 1.807) is 12.1 Å². The van der Waals surface area contributed by atoms with Gasteiger partial charge in [0, 0.05) is 24.7 Å². The predicted molar refractivity (Wildman–Crippen MR) is 80.0 cm³/mol. The molecule has 0 radical (unpaired) electrons. The summed E-state index contributed by atoms with van der Waals surface area (Å²) in [5.74, 6) is -0.554. The highest BCUT2D eigenvalue weighted by Crippen LogP contribution is 2.31. The van der Waals surface area contributed by atoms with E-state index >= 15 is 0 Å². The van der Waals surface area contributed by atoms with E-state index in [2.05, 4.69) is 4.90 Å². The van der Waals surface area contributed by atoms with Crippen molar-refractivity contribution in [1.29, 1.82) is 5.26 Å². The Bertz CT molecular complexity index is 749. The number of hydrogen-bond donors (Lipinski definition) is 0. The zero-order valence-corrected chi connectivity index (χ0v) is 12.3. The number of nitrogens with zero attached hydrogens (tertiary/aromatic N) is 2. The lowest BCUT2D eigenvalue weighted by molar-refractivity contribution is 0.187. The maximum atomic E-state index is 14.0. The zero-order valence-electron chi connectivity index (χ0n) is 12.3. The normalized spacial score (nSPS) is 17.8. The summed E-state index contributed by atoms with van der Waals surface area (Å²) in [7, 11) is 0. The molecule has 4 heteroatoms. The molecule has 0 bridgehead atoms. The number of hydrogen-bond acceptors (Lipinski definition) is 2. The van der Waals surface area contributed by atoms with Crippen LogP contribution >= 0.6 is 0 Å². The van der Waals surface area contributed by atoms with Crippen molar-refractivity contribution in [3.8, 4) is 6.07 Å². The van der Waals surface area contributed by atoms with Crippen molar-refractivity contribution in [2.75, 3.05) is 6.54 Å². The van der Waals surface area contributed by atoms with Crippen molar-refractivity contribution >= 4 is 0 Å². The van der Waals surface area contributed by atoms with E-state index in [1.807, 2.05) is 19.1 Å². The van der Waals surface area contributed by atoms with E-state index in [9.17, 15) is 8.78 Å². The molecule has 1 heterocycles. The molecule has 1 atom stereocenters. The van der Waals surface area contributed by atoms with E-state index in [4.69, 9.17) is 5.26 Å². The highest BCUT2D eigenvalue weighted by molar-refractivity contribution is 5.35. The van der Waals surface area contributed by atoms with Crippen LogP contribution in [0.3, 0.4) is 0 Å². The van der Waals surface area contributed by atoms with Crippen LogP contribution in [0.1, 0.15) is 35.2 Å². The summed E-state index contributed by atoms with van der Waals surface area (Å²) in [5, 5.41) is 8.94. The molecule has 112 valence electrons. The van der Waals surface area contributed by atoms with Crippen LogP contribution in [0.2, 0.25) is 0 Å². The monoisotopic (exact) mass is 298 g/mol. The standard InChI is InChI=1S/C18H16F2N2/c1-12-17-9-16(19)4-3-14(17)6-7-22(12)11-15-8-13(10-21)2-5-18(15)20/h2-5,8-9,12H,6-7,11H2,1H3.